The maximum atomic E-state index is 14.6. The number of rotatable bonds is 6. The van der Waals surface area contributed by atoms with Gasteiger partial charge in [-0.3, -0.25) is 19.3 Å². The minimum Gasteiger partial charge on any atom is -0.508 e. The molecular formula is C29H35N3O6S. The number of aromatic hydroxyl groups is 1. The highest BCUT2D eigenvalue weighted by molar-refractivity contribution is 7.93. The maximum absolute atomic E-state index is 14.6. The van der Waals surface area contributed by atoms with Gasteiger partial charge in [0.2, 0.25) is 11.8 Å². The molecule has 208 valence electrons. The van der Waals surface area contributed by atoms with E-state index in [1.807, 2.05) is 19.1 Å². The van der Waals surface area contributed by atoms with Crippen LogP contribution >= 0.6 is 0 Å². The Bertz CT molecular complexity index is 1380. The van der Waals surface area contributed by atoms with Crippen molar-refractivity contribution in [2.24, 2.45) is 0 Å². The van der Waals surface area contributed by atoms with Crippen molar-refractivity contribution in [1.29, 1.82) is 0 Å². The van der Waals surface area contributed by atoms with Gasteiger partial charge in [0.15, 0.2) is 9.84 Å². The highest BCUT2D eigenvalue weighted by Gasteiger charge is 2.68. The second-order valence-electron chi connectivity index (χ2n) is 11.4. The van der Waals surface area contributed by atoms with E-state index in [4.69, 9.17) is 0 Å². The van der Waals surface area contributed by atoms with Crippen LogP contribution in [0.25, 0.3) is 0 Å². The Balaban J connectivity index is 1.63. The molecular weight excluding hydrogens is 518 g/mol. The second kappa shape index (κ2) is 9.97. The van der Waals surface area contributed by atoms with Crippen LogP contribution in [0.3, 0.4) is 0 Å². The SMILES string of the molecule is Cc1ccc(N(C(=O)[C@H]2N3C(=O)C[C@@H]3S(=O)(=O)C2(C)C)[C@H](C(=O)NC2CCCCC2)c2ccc(O)cc2)cc1. The van der Waals surface area contributed by atoms with Crippen LogP contribution in [0, 0.1) is 6.92 Å². The van der Waals surface area contributed by atoms with Gasteiger partial charge in [0.05, 0.1) is 11.2 Å². The summed E-state index contributed by atoms with van der Waals surface area (Å²) in [7, 11) is -3.83. The van der Waals surface area contributed by atoms with Crippen LogP contribution in [0.2, 0.25) is 0 Å². The van der Waals surface area contributed by atoms with Gasteiger partial charge in [-0.05, 0) is 63.4 Å². The molecule has 3 aliphatic rings. The number of phenolic OH excluding ortho intramolecular Hbond substituents is 1. The van der Waals surface area contributed by atoms with Crippen molar-refractivity contribution in [3.63, 3.8) is 0 Å². The lowest BCUT2D eigenvalue weighted by molar-refractivity contribution is -0.149. The molecule has 0 spiro atoms. The molecule has 0 aromatic heterocycles. The molecule has 2 N–H and O–H groups in total. The first-order valence-electron chi connectivity index (χ1n) is 13.5. The normalized spacial score (nSPS) is 24.4. The number of phenols is 1. The lowest BCUT2D eigenvalue weighted by atomic mass is 9.93. The van der Waals surface area contributed by atoms with Gasteiger partial charge in [0.25, 0.3) is 5.91 Å². The summed E-state index contributed by atoms with van der Waals surface area (Å²) < 4.78 is 25.1. The predicted octanol–water partition coefficient (Wildman–Crippen LogP) is 3.36. The van der Waals surface area contributed by atoms with Gasteiger partial charge in [-0.15, -0.1) is 0 Å². The highest BCUT2D eigenvalue weighted by atomic mass is 32.2. The van der Waals surface area contributed by atoms with Gasteiger partial charge in [-0.2, -0.15) is 0 Å². The molecule has 2 aromatic carbocycles. The first-order valence-corrected chi connectivity index (χ1v) is 15.0. The van der Waals surface area contributed by atoms with Gasteiger partial charge in [0, 0.05) is 11.7 Å². The molecule has 3 amide bonds. The topological polar surface area (TPSA) is 124 Å². The van der Waals surface area contributed by atoms with E-state index in [-0.39, 0.29) is 18.2 Å². The number of nitrogens with zero attached hydrogens (tertiary/aromatic N) is 2. The molecule has 1 aliphatic carbocycles. The molecule has 2 heterocycles. The lowest BCUT2D eigenvalue weighted by Gasteiger charge is -2.41. The van der Waals surface area contributed by atoms with Gasteiger partial charge in [-0.25, -0.2) is 8.42 Å². The van der Waals surface area contributed by atoms with Crippen LogP contribution in [0.4, 0.5) is 5.69 Å². The summed E-state index contributed by atoms with van der Waals surface area (Å²) in [5.74, 6) is -1.42. The molecule has 0 unspecified atom stereocenters. The van der Waals surface area contributed by atoms with Crippen molar-refractivity contribution in [2.45, 2.75) is 87.5 Å². The van der Waals surface area contributed by atoms with Crippen LogP contribution < -0.4 is 10.2 Å². The van der Waals surface area contributed by atoms with Gasteiger partial charge in [-0.1, -0.05) is 49.1 Å². The second-order valence-corrected chi connectivity index (χ2v) is 14.1. The average molecular weight is 554 g/mol. The standard InChI is InChI=1S/C29H35N3O6S/c1-18-9-13-21(14-10-18)31(28(36)26-29(2,3)39(37,38)24-17-23(34)32(24)26)25(19-11-15-22(33)16-12-19)27(35)30-20-7-5-4-6-8-20/h9-16,20,24-26,33H,4-8,17H2,1-3H3,(H,30,35)/t24-,25-,26+/m0/s1. The number of β-lactam (4-membered cyclic amide) rings is 1. The summed E-state index contributed by atoms with van der Waals surface area (Å²) in [5, 5.41) is 12.0. The van der Waals surface area contributed by atoms with Crippen LogP contribution in [0.15, 0.2) is 48.5 Å². The van der Waals surface area contributed by atoms with Crippen molar-refractivity contribution in [3.05, 3.63) is 59.7 Å². The minimum atomic E-state index is -3.83. The van der Waals surface area contributed by atoms with E-state index in [1.165, 1.54) is 35.8 Å². The number of carbonyl (C=O) groups excluding carboxylic acids is 3. The van der Waals surface area contributed by atoms with E-state index in [1.54, 1.807) is 24.3 Å². The quantitative estimate of drug-likeness (QED) is 0.529. The smallest absolute Gasteiger partial charge is 0.252 e. The fourth-order valence-electron chi connectivity index (χ4n) is 6.07. The van der Waals surface area contributed by atoms with Gasteiger partial charge >= 0.3 is 0 Å². The average Bonchev–Trinajstić information content (AvgIpc) is 3.02. The Morgan fingerprint density at radius 1 is 1.03 bits per heavy atom. The molecule has 0 radical (unpaired) electrons. The number of anilines is 1. The maximum Gasteiger partial charge on any atom is 0.252 e. The Morgan fingerprint density at radius 2 is 1.64 bits per heavy atom. The molecule has 3 atom stereocenters. The summed E-state index contributed by atoms with van der Waals surface area (Å²) >= 11 is 0. The molecule has 2 aliphatic heterocycles. The Labute approximate surface area is 229 Å². The predicted molar refractivity (Wildman–Crippen MR) is 147 cm³/mol. The monoisotopic (exact) mass is 553 g/mol. The molecule has 5 rings (SSSR count). The van der Waals surface area contributed by atoms with Crippen LogP contribution in [-0.2, 0) is 24.2 Å². The minimum absolute atomic E-state index is 0.00967. The summed E-state index contributed by atoms with van der Waals surface area (Å²) in [6, 6.07) is 10.7. The molecule has 2 aromatic rings. The van der Waals surface area contributed by atoms with E-state index in [9.17, 15) is 27.9 Å². The third-order valence-corrected chi connectivity index (χ3v) is 11.2. The Morgan fingerprint density at radius 3 is 2.23 bits per heavy atom. The fraction of sp³-hybridized carbons (Fsp3) is 0.483. The van der Waals surface area contributed by atoms with E-state index >= 15 is 0 Å². The molecule has 9 nitrogen and oxygen atoms in total. The number of hydrogen-bond acceptors (Lipinski definition) is 6. The van der Waals surface area contributed by atoms with Crippen molar-refractivity contribution < 1.29 is 27.9 Å². The molecule has 3 fully saturated rings. The van der Waals surface area contributed by atoms with Crippen molar-refractivity contribution in [3.8, 4) is 5.75 Å². The van der Waals surface area contributed by atoms with E-state index in [0.717, 1.165) is 37.7 Å². The number of carbonyl (C=O) groups is 3. The van der Waals surface area contributed by atoms with E-state index in [2.05, 4.69) is 5.32 Å². The summed E-state index contributed by atoms with van der Waals surface area (Å²) in [6.07, 6.45) is 4.64. The molecule has 2 saturated heterocycles. The van der Waals surface area contributed by atoms with Crippen molar-refractivity contribution in [1.82, 2.24) is 10.2 Å². The molecule has 0 bridgehead atoms. The highest BCUT2D eigenvalue weighted by Crippen LogP contribution is 2.47. The molecule has 10 heteroatoms. The van der Waals surface area contributed by atoms with Crippen LogP contribution in [0.1, 0.15) is 69.5 Å². The van der Waals surface area contributed by atoms with Crippen LogP contribution in [-0.4, -0.2) is 58.4 Å². The molecule has 39 heavy (non-hydrogen) atoms. The van der Waals surface area contributed by atoms with Crippen molar-refractivity contribution in [2.75, 3.05) is 4.90 Å². The largest absolute Gasteiger partial charge is 0.508 e. The number of sulfone groups is 1. The van der Waals surface area contributed by atoms with Gasteiger partial charge < -0.3 is 15.3 Å². The summed E-state index contributed by atoms with van der Waals surface area (Å²) in [6.45, 7) is 4.85. The van der Waals surface area contributed by atoms with Gasteiger partial charge in [0.1, 0.15) is 23.2 Å². The fourth-order valence-corrected chi connectivity index (χ4v) is 8.20. The number of amides is 3. The summed E-state index contributed by atoms with van der Waals surface area (Å²) in [5.41, 5.74) is 1.81. The first kappa shape index (κ1) is 27.2. The van der Waals surface area contributed by atoms with Crippen molar-refractivity contribution >= 4 is 33.2 Å². The van der Waals surface area contributed by atoms with Crippen LogP contribution in [0.5, 0.6) is 5.75 Å². The molecule has 1 saturated carbocycles. The lowest BCUT2D eigenvalue weighted by Crippen LogP contribution is -2.61. The van der Waals surface area contributed by atoms with E-state index in [0.29, 0.717) is 11.3 Å². The number of hydrogen-bond donors (Lipinski definition) is 2. The third kappa shape index (κ3) is 4.58. The zero-order chi connectivity index (χ0) is 28.1. The number of nitrogens with one attached hydrogen (secondary N) is 1. The Kier molecular flexibility index (Phi) is 6.95. The summed E-state index contributed by atoms with van der Waals surface area (Å²) in [4.78, 5) is 43.8. The zero-order valence-electron chi connectivity index (χ0n) is 22.5. The van der Waals surface area contributed by atoms with E-state index < -0.39 is 49.8 Å². The number of benzene rings is 2. The Hall–Kier alpha value is -3.40. The first-order chi connectivity index (χ1) is 18.4. The third-order valence-electron chi connectivity index (χ3n) is 8.43. The zero-order valence-corrected chi connectivity index (χ0v) is 23.3. The number of fused-ring (bicyclic) bond motifs is 1. The number of aryl methyl sites for hydroxylation is 1.